The van der Waals surface area contributed by atoms with Crippen LogP contribution in [0.2, 0.25) is 0 Å². The number of thiazole rings is 1. The molecule has 2 aromatic heterocycles. The predicted molar refractivity (Wildman–Crippen MR) is 98.8 cm³/mol. The van der Waals surface area contributed by atoms with Gasteiger partial charge in [0.05, 0.1) is 34.3 Å². The number of carbonyl (C=O) groups excluding carboxylic acids is 1. The van der Waals surface area contributed by atoms with Crippen molar-refractivity contribution in [3.63, 3.8) is 0 Å². The molecule has 0 saturated carbocycles. The number of amides is 1. The molecule has 7 heteroatoms. The van der Waals surface area contributed by atoms with E-state index in [4.69, 9.17) is 13.9 Å². The van der Waals surface area contributed by atoms with Gasteiger partial charge in [-0.15, -0.1) is 11.3 Å². The van der Waals surface area contributed by atoms with Crippen LogP contribution >= 0.6 is 11.3 Å². The number of hydrogen-bond acceptors (Lipinski definition) is 6. The zero-order valence-corrected chi connectivity index (χ0v) is 15.5. The van der Waals surface area contributed by atoms with Crippen molar-refractivity contribution in [1.29, 1.82) is 0 Å². The minimum Gasteiger partial charge on any atom is -0.488 e. The molecule has 1 aliphatic heterocycles. The average Bonchev–Trinajstić information content (AvgIpc) is 3.32. The second-order valence-electron chi connectivity index (χ2n) is 6.37. The highest BCUT2D eigenvalue weighted by molar-refractivity contribution is 7.09. The summed E-state index contributed by atoms with van der Waals surface area (Å²) in [5.41, 5.74) is 4.03. The Labute approximate surface area is 155 Å². The van der Waals surface area contributed by atoms with Crippen LogP contribution in [0.4, 0.5) is 0 Å². The van der Waals surface area contributed by atoms with Crippen LogP contribution in [-0.4, -0.2) is 30.1 Å². The Morgan fingerprint density at radius 3 is 3.04 bits per heavy atom. The Bertz CT molecular complexity index is 940. The van der Waals surface area contributed by atoms with Gasteiger partial charge in [0.2, 0.25) is 0 Å². The summed E-state index contributed by atoms with van der Waals surface area (Å²) in [6.07, 6.45) is 0.836. The first kappa shape index (κ1) is 17.1. The minimum atomic E-state index is -0.132. The SMILES string of the molecule is Cc1ncsc1COc1ccc2oc(C)c(C(=O)NC3CCOC3)c2c1. The molecule has 1 atom stereocenters. The van der Waals surface area contributed by atoms with Crippen molar-refractivity contribution in [3.8, 4) is 5.75 Å². The number of benzene rings is 1. The Morgan fingerprint density at radius 2 is 2.31 bits per heavy atom. The van der Waals surface area contributed by atoms with E-state index in [0.717, 1.165) is 22.4 Å². The summed E-state index contributed by atoms with van der Waals surface area (Å²) in [7, 11) is 0. The smallest absolute Gasteiger partial charge is 0.255 e. The van der Waals surface area contributed by atoms with Gasteiger partial charge in [0, 0.05) is 12.0 Å². The molecule has 1 aliphatic rings. The van der Waals surface area contributed by atoms with Crippen molar-refractivity contribution >= 4 is 28.2 Å². The number of ether oxygens (including phenoxy) is 2. The monoisotopic (exact) mass is 372 g/mol. The molecule has 0 aliphatic carbocycles. The fourth-order valence-electron chi connectivity index (χ4n) is 3.09. The van der Waals surface area contributed by atoms with E-state index in [0.29, 0.717) is 42.5 Å². The number of furan rings is 1. The number of aromatic nitrogens is 1. The molecule has 136 valence electrons. The second-order valence-corrected chi connectivity index (χ2v) is 7.31. The van der Waals surface area contributed by atoms with Gasteiger partial charge in [-0.1, -0.05) is 0 Å². The maximum atomic E-state index is 12.7. The molecule has 3 aromatic rings. The molecule has 1 amide bonds. The van der Waals surface area contributed by atoms with E-state index in [9.17, 15) is 4.79 Å². The van der Waals surface area contributed by atoms with Crippen LogP contribution in [0, 0.1) is 13.8 Å². The third kappa shape index (κ3) is 3.32. The van der Waals surface area contributed by atoms with Crippen LogP contribution < -0.4 is 10.1 Å². The van der Waals surface area contributed by atoms with Crippen LogP contribution in [0.1, 0.15) is 33.1 Å². The Balaban J connectivity index is 1.57. The molecular formula is C19H20N2O4S. The van der Waals surface area contributed by atoms with E-state index in [1.807, 2.05) is 30.6 Å². The van der Waals surface area contributed by atoms with Crippen molar-refractivity contribution in [1.82, 2.24) is 10.3 Å². The molecule has 1 fully saturated rings. The molecule has 1 unspecified atom stereocenters. The van der Waals surface area contributed by atoms with E-state index < -0.39 is 0 Å². The fraction of sp³-hybridized carbons (Fsp3) is 0.368. The van der Waals surface area contributed by atoms with Gasteiger partial charge in [-0.3, -0.25) is 4.79 Å². The van der Waals surface area contributed by atoms with Crippen LogP contribution in [0.5, 0.6) is 5.75 Å². The first-order valence-electron chi connectivity index (χ1n) is 8.55. The molecule has 4 rings (SSSR count). The summed E-state index contributed by atoms with van der Waals surface area (Å²) in [4.78, 5) is 18.0. The molecule has 1 N–H and O–H groups in total. The van der Waals surface area contributed by atoms with Crippen LogP contribution in [-0.2, 0) is 11.3 Å². The first-order chi connectivity index (χ1) is 12.6. The van der Waals surface area contributed by atoms with Gasteiger partial charge < -0.3 is 19.2 Å². The van der Waals surface area contributed by atoms with Gasteiger partial charge in [-0.25, -0.2) is 4.98 Å². The zero-order valence-electron chi connectivity index (χ0n) is 14.7. The van der Waals surface area contributed by atoms with Crippen molar-refractivity contribution in [2.45, 2.75) is 32.9 Å². The van der Waals surface area contributed by atoms with E-state index in [1.54, 1.807) is 18.3 Å². The molecule has 3 heterocycles. The summed E-state index contributed by atoms with van der Waals surface area (Å²) in [5, 5.41) is 3.79. The lowest BCUT2D eigenvalue weighted by Gasteiger charge is -2.10. The van der Waals surface area contributed by atoms with Crippen LogP contribution in [0.3, 0.4) is 0 Å². The normalized spacial score (nSPS) is 16.9. The first-order valence-corrected chi connectivity index (χ1v) is 9.43. The molecule has 1 saturated heterocycles. The number of aryl methyl sites for hydroxylation is 2. The maximum Gasteiger partial charge on any atom is 0.255 e. The lowest BCUT2D eigenvalue weighted by Crippen LogP contribution is -2.35. The predicted octanol–water partition coefficient (Wildman–Crippen LogP) is 3.60. The molecular weight excluding hydrogens is 352 g/mol. The highest BCUT2D eigenvalue weighted by Gasteiger charge is 2.23. The highest BCUT2D eigenvalue weighted by Crippen LogP contribution is 2.30. The maximum absolute atomic E-state index is 12.7. The summed E-state index contributed by atoms with van der Waals surface area (Å²) in [6.45, 7) is 5.47. The van der Waals surface area contributed by atoms with Crippen molar-refractivity contribution < 1.29 is 18.7 Å². The molecule has 0 radical (unpaired) electrons. The third-order valence-corrected chi connectivity index (χ3v) is 5.45. The largest absolute Gasteiger partial charge is 0.488 e. The van der Waals surface area contributed by atoms with Crippen molar-refractivity contribution in [2.75, 3.05) is 13.2 Å². The van der Waals surface area contributed by atoms with Gasteiger partial charge in [0.1, 0.15) is 23.7 Å². The third-order valence-electron chi connectivity index (χ3n) is 4.54. The Hall–Kier alpha value is -2.38. The topological polar surface area (TPSA) is 73.6 Å². The number of hydrogen-bond donors (Lipinski definition) is 1. The van der Waals surface area contributed by atoms with E-state index >= 15 is 0 Å². The Morgan fingerprint density at radius 1 is 1.42 bits per heavy atom. The molecule has 1 aromatic carbocycles. The van der Waals surface area contributed by atoms with Gasteiger partial charge >= 0.3 is 0 Å². The fourth-order valence-corrected chi connectivity index (χ4v) is 3.78. The molecule has 26 heavy (non-hydrogen) atoms. The van der Waals surface area contributed by atoms with Crippen LogP contribution in [0.15, 0.2) is 28.1 Å². The summed E-state index contributed by atoms with van der Waals surface area (Å²) < 4.78 is 17.0. The van der Waals surface area contributed by atoms with Gasteiger partial charge in [0.15, 0.2) is 0 Å². The second kappa shape index (κ2) is 7.09. The highest BCUT2D eigenvalue weighted by atomic mass is 32.1. The molecule has 6 nitrogen and oxygen atoms in total. The summed E-state index contributed by atoms with van der Waals surface area (Å²) in [5.74, 6) is 1.17. The quantitative estimate of drug-likeness (QED) is 0.741. The number of nitrogens with zero attached hydrogens (tertiary/aromatic N) is 1. The van der Waals surface area contributed by atoms with E-state index in [1.165, 1.54) is 0 Å². The zero-order chi connectivity index (χ0) is 18.1. The average molecular weight is 372 g/mol. The number of fused-ring (bicyclic) bond motifs is 1. The standard InChI is InChI=1S/C19H20N2O4S/c1-11-17(26-10-20-11)9-24-14-3-4-16-15(7-14)18(12(2)25-16)19(22)21-13-5-6-23-8-13/h3-4,7,10,13H,5-6,8-9H2,1-2H3,(H,21,22). The number of nitrogens with one attached hydrogen (secondary N) is 1. The molecule has 0 bridgehead atoms. The summed E-state index contributed by atoms with van der Waals surface area (Å²) in [6, 6.07) is 5.61. The Kier molecular flexibility index (Phi) is 4.65. The lowest BCUT2D eigenvalue weighted by atomic mass is 10.1. The number of carbonyl (C=O) groups is 1. The molecule has 0 spiro atoms. The van der Waals surface area contributed by atoms with Crippen molar-refractivity contribution in [3.05, 3.63) is 45.6 Å². The van der Waals surface area contributed by atoms with Crippen molar-refractivity contribution in [2.24, 2.45) is 0 Å². The van der Waals surface area contributed by atoms with Gasteiger partial charge in [0.25, 0.3) is 5.91 Å². The van der Waals surface area contributed by atoms with E-state index in [2.05, 4.69) is 10.3 Å². The lowest BCUT2D eigenvalue weighted by molar-refractivity contribution is 0.0930. The van der Waals surface area contributed by atoms with E-state index in [-0.39, 0.29) is 11.9 Å². The van der Waals surface area contributed by atoms with Gasteiger partial charge in [-0.2, -0.15) is 0 Å². The number of rotatable bonds is 5. The summed E-state index contributed by atoms with van der Waals surface area (Å²) >= 11 is 1.57. The minimum absolute atomic E-state index is 0.0561. The van der Waals surface area contributed by atoms with Crippen LogP contribution in [0.25, 0.3) is 11.0 Å². The van der Waals surface area contributed by atoms with Gasteiger partial charge in [-0.05, 0) is 38.5 Å².